The summed E-state index contributed by atoms with van der Waals surface area (Å²) in [7, 11) is 1.39. The summed E-state index contributed by atoms with van der Waals surface area (Å²) < 4.78 is 9.48. The van der Waals surface area contributed by atoms with Crippen molar-refractivity contribution in [3.63, 3.8) is 0 Å². The van der Waals surface area contributed by atoms with Crippen molar-refractivity contribution in [1.29, 1.82) is 0 Å². The Morgan fingerprint density at radius 3 is 2.70 bits per heavy atom. The van der Waals surface area contributed by atoms with Crippen molar-refractivity contribution in [1.82, 2.24) is 5.32 Å². The molecular weight excluding hydrogens is 278 g/mol. The lowest BCUT2D eigenvalue weighted by Crippen LogP contribution is -2.15. The minimum Gasteiger partial charge on any atom is -0.469 e. The van der Waals surface area contributed by atoms with Crippen LogP contribution < -0.4 is 5.32 Å². The Hall–Kier alpha value is -1.40. The molecule has 1 heterocycles. The van der Waals surface area contributed by atoms with Crippen LogP contribution >= 0.6 is 11.3 Å². The zero-order valence-corrected chi connectivity index (χ0v) is 12.8. The molecule has 0 atom stereocenters. The zero-order valence-electron chi connectivity index (χ0n) is 11.9. The van der Waals surface area contributed by atoms with Gasteiger partial charge in [0.25, 0.3) is 0 Å². The maximum absolute atomic E-state index is 11.1. The second-order valence-corrected chi connectivity index (χ2v) is 5.46. The van der Waals surface area contributed by atoms with E-state index in [0.29, 0.717) is 19.4 Å². The van der Waals surface area contributed by atoms with Gasteiger partial charge in [0, 0.05) is 22.7 Å². The average molecular weight is 299 g/mol. The molecule has 5 nitrogen and oxygen atoms in total. The molecule has 0 saturated carbocycles. The van der Waals surface area contributed by atoms with Crippen LogP contribution in [0.2, 0.25) is 0 Å². The average Bonchev–Trinajstić information content (AvgIpc) is 2.86. The van der Waals surface area contributed by atoms with Gasteiger partial charge in [-0.25, -0.2) is 0 Å². The van der Waals surface area contributed by atoms with Crippen LogP contribution in [-0.2, 0) is 32.0 Å². The van der Waals surface area contributed by atoms with E-state index >= 15 is 0 Å². The van der Waals surface area contributed by atoms with Crippen LogP contribution in [0, 0.1) is 0 Å². The summed E-state index contributed by atoms with van der Waals surface area (Å²) in [4.78, 5) is 24.4. The molecule has 0 fully saturated rings. The summed E-state index contributed by atoms with van der Waals surface area (Å²) in [5.74, 6) is -0.369. The summed E-state index contributed by atoms with van der Waals surface area (Å²) in [6.45, 7) is 3.75. The molecule has 1 rings (SSSR count). The number of ether oxygens (including phenoxy) is 2. The molecule has 0 unspecified atom stereocenters. The Bertz CT molecular complexity index is 431. The number of carbonyl (C=O) groups excluding carboxylic acids is 2. The summed E-state index contributed by atoms with van der Waals surface area (Å²) >= 11 is 1.59. The van der Waals surface area contributed by atoms with Crippen molar-refractivity contribution in [3.8, 4) is 0 Å². The lowest BCUT2D eigenvalue weighted by molar-refractivity contribution is -0.143. The van der Waals surface area contributed by atoms with Crippen molar-refractivity contribution in [2.75, 3.05) is 20.3 Å². The van der Waals surface area contributed by atoms with Crippen LogP contribution in [0.15, 0.2) is 12.1 Å². The molecule has 0 bridgehead atoms. The zero-order chi connectivity index (χ0) is 14.8. The molecule has 0 aliphatic carbocycles. The van der Waals surface area contributed by atoms with Gasteiger partial charge < -0.3 is 14.8 Å². The highest BCUT2D eigenvalue weighted by Crippen LogP contribution is 2.17. The Labute approximate surface area is 123 Å². The van der Waals surface area contributed by atoms with Crippen LogP contribution in [0.3, 0.4) is 0 Å². The van der Waals surface area contributed by atoms with Crippen LogP contribution in [0.5, 0.6) is 0 Å². The van der Waals surface area contributed by atoms with E-state index in [4.69, 9.17) is 4.74 Å². The van der Waals surface area contributed by atoms with Crippen LogP contribution in [0.1, 0.15) is 29.5 Å². The molecule has 112 valence electrons. The number of hydrogen-bond donors (Lipinski definition) is 1. The van der Waals surface area contributed by atoms with Crippen LogP contribution in [0.25, 0.3) is 0 Å². The molecule has 0 aromatic carbocycles. The van der Waals surface area contributed by atoms with Crippen LogP contribution in [-0.4, -0.2) is 32.2 Å². The van der Waals surface area contributed by atoms with Gasteiger partial charge in [-0.2, -0.15) is 0 Å². The van der Waals surface area contributed by atoms with Crippen LogP contribution in [0.4, 0.5) is 0 Å². The highest BCUT2D eigenvalue weighted by molar-refractivity contribution is 7.12. The molecule has 0 spiro atoms. The van der Waals surface area contributed by atoms with Crippen molar-refractivity contribution < 1.29 is 19.1 Å². The van der Waals surface area contributed by atoms with Gasteiger partial charge in [0.1, 0.15) is 0 Å². The molecule has 0 radical (unpaired) electrons. The van der Waals surface area contributed by atoms with E-state index in [0.717, 1.165) is 24.4 Å². The molecule has 0 aliphatic rings. The fraction of sp³-hybridized carbons (Fsp3) is 0.571. The second kappa shape index (κ2) is 9.50. The SMILES string of the molecule is CCOC(=O)CCCNCc1ccc(CC(=O)OC)s1. The number of nitrogens with one attached hydrogen (secondary N) is 1. The highest BCUT2D eigenvalue weighted by Gasteiger charge is 2.06. The number of thiophene rings is 1. The quantitative estimate of drug-likeness (QED) is 0.557. The van der Waals surface area contributed by atoms with E-state index in [1.807, 2.05) is 12.1 Å². The van der Waals surface area contributed by atoms with E-state index in [2.05, 4.69) is 10.1 Å². The lowest BCUT2D eigenvalue weighted by Gasteiger charge is -2.03. The van der Waals surface area contributed by atoms with Crippen molar-refractivity contribution >= 4 is 23.3 Å². The normalized spacial score (nSPS) is 10.3. The third-order valence-corrected chi connectivity index (χ3v) is 3.69. The topological polar surface area (TPSA) is 64.6 Å². The summed E-state index contributed by atoms with van der Waals surface area (Å²) in [5, 5.41) is 3.27. The van der Waals surface area contributed by atoms with E-state index in [9.17, 15) is 9.59 Å². The number of esters is 2. The molecule has 1 aromatic heterocycles. The first-order valence-corrected chi connectivity index (χ1v) is 7.48. The monoisotopic (exact) mass is 299 g/mol. The minimum atomic E-state index is -0.221. The summed E-state index contributed by atoms with van der Waals surface area (Å²) in [6, 6.07) is 3.94. The number of hydrogen-bond acceptors (Lipinski definition) is 6. The third-order valence-electron chi connectivity index (χ3n) is 2.60. The number of carbonyl (C=O) groups is 2. The third kappa shape index (κ3) is 6.68. The van der Waals surface area contributed by atoms with Crippen molar-refractivity contribution in [2.24, 2.45) is 0 Å². The van der Waals surface area contributed by atoms with Gasteiger partial charge in [-0.15, -0.1) is 11.3 Å². The fourth-order valence-electron chi connectivity index (χ4n) is 1.63. The first-order valence-electron chi connectivity index (χ1n) is 6.66. The molecular formula is C14H21NO4S. The first-order chi connectivity index (χ1) is 9.65. The predicted octanol–water partition coefficient (Wildman–Crippen LogP) is 1.90. The van der Waals surface area contributed by atoms with Gasteiger partial charge in [-0.05, 0) is 32.0 Å². The first kappa shape index (κ1) is 16.7. The lowest BCUT2D eigenvalue weighted by atomic mass is 10.3. The predicted molar refractivity (Wildman–Crippen MR) is 77.6 cm³/mol. The Kier molecular flexibility index (Phi) is 7.91. The molecule has 1 aromatic rings. The smallest absolute Gasteiger partial charge is 0.310 e. The van der Waals surface area contributed by atoms with Crippen molar-refractivity contribution in [3.05, 3.63) is 21.9 Å². The van der Waals surface area contributed by atoms with E-state index in [1.54, 1.807) is 18.3 Å². The van der Waals surface area contributed by atoms with Gasteiger partial charge in [0.05, 0.1) is 20.1 Å². The fourth-order valence-corrected chi connectivity index (χ4v) is 2.60. The molecule has 0 aliphatic heterocycles. The highest BCUT2D eigenvalue weighted by atomic mass is 32.1. The molecule has 6 heteroatoms. The molecule has 0 amide bonds. The number of methoxy groups -OCH3 is 1. The minimum absolute atomic E-state index is 0.147. The van der Waals surface area contributed by atoms with Gasteiger partial charge in [0.15, 0.2) is 0 Å². The largest absolute Gasteiger partial charge is 0.469 e. The molecule has 0 saturated heterocycles. The second-order valence-electron chi connectivity index (χ2n) is 4.21. The van der Waals surface area contributed by atoms with E-state index in [-0.39, 0.29) is 11.9 Å². The van der Waals surface area contributed by atoms with Gasteiger partial charge in [-0.3, -0.25) is 9.59 Å². The van der Waals surface area contributed by atoms with E-state index in [1.165, 1.54) is 12.0 Å². The molecule has 1 N–H and O–H groups in total. The maximum atomic E-state index is 11.1. The van der Waals surface area contributed by atoms with Gasteiger partial charge >= 0.3 is 11.9 Å². The maximum Gasteiger partial charge on any atom is 0.310 e. The summed E-state index contributed by atoms with van der Waals surface area (Å²) in [6.07, 6.45) is 1.53. The summed E-state index contributed by atoms with van der Waals surface area (Å²) in [5.41, 5.74) is 0. The number of rotatable bonds is 9. The molecule has 20 heavy (non-hydrogen) atoms. The van der Waals surface area contributed by atoms with Gasteiger partial charge in [0.2, 0.25) is 0 Å². The Balaban J connectivity index is 2.16. The Morgan fingerprint density at radius 2 is 2.00 bits per heavy atom. The van der Waals surface area contributed by atoms with E-state index < -0.39 is 0 Å². The Morgan fingerprint density at radius 1 is 1.25 bits per heavy atom. The van der Waals surface area contributed by atoms with Gasteiger partial charge in [-0.1, -0.05) is 0 Å². The standard InChI is InChI=1S/C14H21NO4S/c1-3-19-13(16)5-4-8-15-10-12-7-6-11(20-12)9-14(17)18-2/h6-7,15H,3-5,8-10H2,1-2H3. The van der Waals surface area contributed by atoms with Crippen molar-refractivity contribution in [2.45, 2.75) is 32.7 Å².